The van der Waals surface area contributed by atoms with Crippen molar-refractivity contribution in [2.45, 2.75) is 38.7 Å². The van der Waals surface area contributed by atoms with Gasteiger partial charge in [0.05, 0.1) is 12.0 Å². The molecule has 2 rings (SSSR count). The van der Waals surface area contributed by atoms with E-state index in [0.29, 0.717) is 12.1 Å². The molecule has 1 aromatic heterocycles. The Morgan fingerprint density at radius 1 is 1.42 bits per heavy atom. The lowest BCUT2D eigenvalue weighted by atomic mass is 9.87. The quantitative estimate of drug-likeness (QED) is 0.823. The van der Waals surface area contributed by atoms with Gasteiger partial charge in [0.1, 0.15) is 11.7 Å². The van der Waals surface area contributed by atoms with E-state index in [-0.39, 0.29) is 11.5 Å². The zero-order chi connectivity index (χ0) is 13.8. The van der Waals surface area contributed by atoms with E-state index in [1.54, 1.807) is 13.0 Å². The number of aryl methyl sites for hydroxylation is 1. The number of rotatable bonds is 2. The number of nitrogens with zero attached hydrogens (tertiary/aromatic N) is 1. The SMILES string of the molecule is Cc1ccc(C(=O)O[C@H]2CCCC[C@@H]2C#N)c(=O)[nH]1. The third-order valence-corrected chi connectivity index (χ3v) is 3.40. The van der Waals surface area contributed by atoms with Gasteiger partial charge < -0.3 is 9.72 Å². The minimum Gasteiger partial charge on any atom is -0.457 e. The Hall–Kier alpha value is -2.09. The summed E-state index contributed by atoms with van der Waals surface area (Å²) in [6, 6.07) is 5.28. The first kappa shape index (κ1) is 13.3. The molecule has 100 valence electrons. The lowest BCUT2D eigenvalue weighted by Gasteiger charge is -2.26. The molecule has 0 unspecified atom stereocenters. The van der Waals surface area contributed by atoms with Gasteiger partial charge in [-0.1, -0.05) is 6.42 Å². The van der Waals surface area contributed by atoms with Crippen LogP contribution in [0.1, 0.15) is 41.7 Å². The van der Waals surface area contributed by atoms with Crippen LogP contribution in [0.25, 0.3) is 0 Å². The van der Waals surface area contributed by atoms with Crippen molar-refractivity contribution in [3.05, 3.63) is 33.7 Å². The Kier molecular flexibility index (Phi) is 4.00. The summed E-state index contributed by atoms with van der Waals surface area (Å²) in [6.45, 7) is 1.74. The Morgan fingerprint density at radius 2 is 2.16 bits per heavy atom. The number of ether oxygens (including phenoxy) is 1. The number of pyridine rings is 1. The topological polar surface area (TPSA) is 82.9 Å². The van der Waals surface area contributed by atoms with Gasteiger partial charge >= 0.3 is 5.97 Å². The number of aromatic nitrogens is 1. The normalized spacial score (nSPS) is 22.5. The Morgan fingerprint density at radius 3 is 2.84 bits per heavy atom. The highest BCUT2D eigenvalue weighted by atomic mass is 16.5. The molecule has 2 atom stereocenters. The van der Waals surface area contributed by atoms with Gasteiger partial charge in [0.2, 0.25) is 0 Å². The van der Waals surface area contributed by atoms with Crippen LogP contribution in [-0.2, 0) is 4.74 Å². The van der Waals surface area contributed by atoms with E-state index in [1.807, 2.05) is 0 Å². The highest BCUT2D eigenvalue weighted by molar-refractivity contribution is 5.89. The van der Waals surface area contributed by atoms with Crippen molar-refractivity contribution >= 4 is 5.97 Å². The summed E-state index contributed by atoms with van der Waals surface area (Å²) in [7, 11) is 0. The fourth-order valence-electron chi connectivity index (χ4n) is 2.32. The van der Waals surface area contributed by atoms with Crippen molar-refractivity contribution in [1.82, 2.24) is 4.98 Å². The smallest absolute Gasteiger partial charge is 0.344 e. The molecule has 0 aromatic carbocycles. The van der Waals surface area contributed by atoms with Gasteiger partial charge in [-0.15, -0.1) is 0 Å². The monoisotopic (exact) mass is 260 g/mol. The standard InChI is InChI=1S/C14H16N2O3/c1-9-6-7-11(13(17)16-9)14(18)19-12-5-3-2-4-10(12)8-15/h6-7,10,12H,2-5H2,1H3,(H,16,17)/t10-,12+/m1/s1. The summed E-state index contributed by atoms with van der Waals surface area (Å²) in [5, 5.41) is 9.03. The first-order valence-electron chi connectivity index (χ1n) is 6.42. The summed E-state index contributed by atoms with van der Waals surface area (Å²) in [6.07, 6.45) is 2.97. The molecule has 0 radical (unpaired) electrons. The van der Waals surface area contributed by atoms with Crippen LogP contribution in [-0.4, -0.2) is 17.1 Å². The third-order valence-electron chi connectivity index (χ3n) is 3.40. The van der Waals surface area contributed by atoms with Crippen LogP contribution in [0.4, 0.5) is 0 Å². The van der Waals surface area contributed by atoms with E-state index in [2.05, 4.69) is 11.1 Å². The van der Waals surface area contributed by atoms with Gasteiger partial charge in [-0.2, -0.15) is 5.26 Å². The van der Waals surface area contributed by atoms with Crippen LogP contribution in [0.2, 0.25) is 0 Å². The average molecular weight is 260 g/mol. The minimum atomic E-state index is -0.645. The molecule has 1 fully saturated rings. The lowest BCUT2D eigenvalue weighted by Crippen LogP contribution is -2.31. The van der Waals surface area contributed by atoms with E-state index >= 15 is 0 Å². The number of hydrogen-bond donors (Lipinski definition) is 1. The van der Waals surface area contributed by atoms with E-state index in [4.69, 9.17) is 10.00 Å². The number of carbonyl (C=O) groups excluding carboxylic acids is 1. The Labute approximate surface area is 111 Å². The highest BCUT2D eigenvalue weighted by Gasteiger charge is 2.29. The zero-order valence-electron chi connectivity index (χ0n) is 10.8. The summed E-state index contributed by atoms with van der Waals surface area (Å²) in [4.78, 5) is 26.2. The molecule has 1 heterocycles. The molecule has 1 aromatic rings. The van der Waals surface area contributed by atoms with Crippen LogP contribution in [0, 0.1) is 24.2 Å². The van der Waals surface area contributed by atoms with Crippen LogP contribution in [0.5, 0.6) is 0 Å². The molecular weight excluding hydrogens is 244 g/mol. The fraction of sp³-hybridized carbons (Fsp3) is 0.500. The molecule has 1 saturated carbocycles. The average Bonchev–Trinajstić information content (AvgIpc) is 2.39. The molecule has 0 saturated heterocycles. The third kappa shape index (κ3) is 3.02. The second kappa shape index (κ2) is 5.70. The van der Waals surface area contributed by atoms with E-state index in [0.717, 1.165) is 19.3 Å². The lowest BCUT2D eigenvalue weighted by molar-refractivity contribution is 0.0105. The predicted octanol–water partition coefficient (Wildman–Crippen LogP) is 1.92. The van der Waals surface area contributed by atoms with E-state index < -0.39 is 17.6 Å². The van der Waals surface area contributed by atoms with Crippen molar-refractivity contribution in [3.63, 3.8) is 0 Å². The maximum atomic E-state index is 12.0. The maximum absolute atomic E-state index is 12.0. The molecule has 1 aliphatic carbocycles. The van der Waals surface area contributed by atoms with Gasteiger partial charge in [-0.3, -0.25) is 4.79 Å². The van der Waals surface area contributed by atoms with Crippen LogP contribution >= 0.6 is 0 Å². The molecule has 19 heavy (non-hydrogen) atoms. The first-order chi connectivity index (χ1) is 9.11. The Balaban J connectivity index is 2.12. The summed E-state index contributed by atoms with van der Waals surface area (Å²) < 4.78 is 5.32. The first-order valence-corrected chi connectivity index (χ1v) is 6.42. The number of esters is 1. The van der Waals surface area contributed by atoms with Crippen molar-refractivity contribution < 1.29 is 9.53 Å². The van der Waals surface area contributed by atoms with Crippen LogP contribution < -0.4 is 5.56 Å². The second-order valence-electron chi connectivity index (χ2n) is 4.85. The van der Waals surface area contributed by atoms with Crippen LogP contribution in [0.3, 0.4) is 0 Å². The molecule has 0 aliphatic heterocycles. The number of nitrogens with one attached hydrogen (secondary N) is 1. The van der Waals surface area contributed by atoms with Crippen LogP contribution in [0.15, 0.2) is 16.9 Å². The minimum absolute atomic E-state index is 0.00661. The predicted molar refractivity (Wildman–Crippen MR) is 68.6 cm³/mol. The molecule has 1 aliphatic rings. The molecule has 0 amide bonds. The van der Waals surface area contributed by atoms with Gasteiger partial charge in [0.15, 0.2) is 0 Å². The zero-order valence-corrected chi connectivity index (χ0v) is 10.8. The van der Waals surface area contributed by atoms with Crippen molar-refractivity contribution in [2.24, 2.45) is 5.92 Å². The number of hydrogen-bond acceptors (Lipinski definition) is 4. The Bertz CT molecular complexity index is 571. The van der Waals surface area contributed by atoms with Crippen molar-refractivity contribution in [3.8, 4) is 6.07 Å². The molecule has 0 bridgehead atoms. The molecule has 5 nitrogen and oxygen atoms in total. The molecule has 1 N–H and O–H groups in total. The van der Waals surface area contributed by atoms with E-state index in [9.17, 15) is 9.59 Å². The van der Waals surface area contributed by atoms with Crippen molar-refractivity contribution in [1.29, 1.82) is 5.26 Å². The number of aromatic amines is 1. The second-order valence-corrected chi connectivity index (χ2v) is 4.85. The largest absolute Gasteiger partial charge is 0.457 e. The molecular formula is C14H16N2O3. The van der Waals surface area contributed by atoms with Gasteiger partial charge in [-0.25, -0.2) is 4.79 Å². The van der Waals surface area contributed by atoms with Crippen molar-refractivity contribution in [2.75, 3.05) is 0 Å². The molecule has 0 spiro atoms. The summed E-state index contributed by atoms with van der Waals surface area (Å²) in [5.41, 5.74) is 0.233. The van der Waals surface area contributed by atoms with Gasteiger partial charge in [-0.05, 0) is 38.3 Å². The summed E-state index contributed by atoms with van der Waals surface area (Å²) in [5.74, 6) is -0.907. The number of nitriles is 1. The summed E-state index contributed by atoms with van der Waals surface area (Å²) >= 11 is 0. The fourth-order valence-corrected chi connectivity index (χ4v) is 2.32. The highest BCUT2D eigenvalue weighted by Crippen LogP contribution is 2.26. The number of carbonyl (C=O) groups is 1. The van der Waals surface area contributed by atoms with E-state index in [1.165, 1.54) is 6.07 Å². The van der Waals surface area contributed by atoms with Gasteiger partial charge in [0, 0.05) is 5.69 Å². The number of H-pyrrole nitrogens is 1. The van der Waals surface area contributed by atoms with Gasteiger partial charge in [0.25, 0.3) is 5.56 Å². The molecule has 5 heteroatoms. The maximum Gasteiger partial charge on any atom is 0.344 e.